The lowest BCUT2D eigenvalue weighted by Crippen LogP contribution is -2.37. The summed E-state index contributed by atoms with van der Waals surface area (Å²) in [6.45, 7) is 10.1. The molecule has 1 atom stereocenters. The number of piperidine rings is 1. The van der Waals surface area contributed by atoms with Crippen molar-refractivity contribution in [3.8, 4) is 0 Å². The highest BCUT2D eigenvalue weighted by atomic mass is 15.2. The minimum atomic E-state index is 0.691. The highest BCUT2D eigenvalue weighted by Gasteiger charge is 2.19. The average Bonchev–Trinajstić information content (AvgIpc) is 2.40. The van der Waals surface area contributed by atoms with Gasteiger partial charge in [-0.1, -0.05) is 19.1 Å². The van der Waals surface area contributed by atoms with E-state index in [9.17, 15) is 0 Å². The van der Waals surface area contributed by atoms with Crippen LogP contribution >= 0.6 is 0 Å². The molecule has 1 heterocycles. The first kappa shape index (κ1) is 14.4. The lowest BCUT2D eigenvalue weighted by Gasteiger charge is -2.36. The second-order valence-corrected chi connectivity index (χ2v) is 5.84. The molecule has 1 aliphatic heterocycles. The zero-order chi connectivity index (χ0) is 13.7. The van der Waals surface area contributed by atoms with E-state index >= 15 is 0 Å². The molecule has 1 aromatic rings. The Labute approximate surface area is 118 Å². The van der Waals surface area contributed by atoms with Crippen molar-refractivity contribution in [3.63, 3.8) is 0 Å². The smallest absolute Gasteiger partial charge is 0.0398 e. The van der Waals surface area contributed by atoms with Gasteiger partial charge in [-0.25, -0.2) is 0 Å². The maximum atomic E-state index is 3.47. The van der Waals surface area contributed by atoms with Gasteiger partial charge < -0.3 is 10.2 Å². The molecule has 1 aromatic carbocycles. The molecule has 0 amide bonds. The summed E-state index contributed by atoms with van der Waals surface area (Å²) in [7, 11) is 0. The second-order valence-electron chi connectivity index (χ2n) is 5.84. The molecule has 0 radical (unpaired) electrons. The number of nitrogens with zero attached hydrogens (tertiary/aromatic N) is 1. The van der Waals surface area contributed by atoms with E-state index in [4.69, 9.17) is 0 Å². The largest absolute Gasteiger partial charge is 0.369 e. The molecular formula is C17H28N2. The molecule has 1 N–H and O–H groups in total. The first-order valence-electron chi connectivity index (χ1n) is 7.79. The molecule has 0 aromatic heterocycles. The standard InChI is InChI=1S/C17H28N2/c1-4-10-18-13-16-8-9-17(14(2)12-16)19-11-6-5-7-15(19)3/h8-9,12,15,18H,4-7,10-11,13H2,1-3H3. The average molecular weight is 260 g/mol. The third-order valence-corrected chi connectivity index (χ3v) is 4.13. The van der Waals surface area contributed by atoms with Gasteiger partial charge in [-0.2, -0.15) is 0 Å². The Balaban J connectivity index is 2.05. The van der Waals surface area contributed by atoms with E-state index in [1.807, 2.05) is 0 Å². The summed E-state index contributed by atoms with van der Waals surface area (Å²) in [4.78, 5) is 2.59. The number of benzene rings is 1. The number of rotatable bonds is 5. The van der Waals surface area contributed by atoms with Crippen LogP contribution in [0.25, 0.3) is 0 Å². The molecule has 0 saturated carbocycles. The molecule has 1 saturated heterocycles. The van der Waals surface area contributed by atoms with Crippen molar-refractivity contribution < 1.29 is 0 Å². The molecule has 1 fully saturated rings. The Morgan fingerprint density at radius 1 is 1.32 bits per heavy atom. The molecule has 106 valence electrons. The summed E-state index contributed by atoms with van der Waals surface area (Å²) in [6.07, 6.45) is 5.25. The normalized spacial score (nSPS) is 19.7. The van der Waals surface area contributed by atoms with Crippen molar-refractivity contribution in [2.75, 3.05) is 18.0 Å². The van der Waals surface area contributed by atoms with E-state index in [0.29, 0.717) is 6.04 Å². The van der Waals surface area contributed by atoms with Gasteiger partial charge in [0.05, 0.1) is 0 Å². The van der Waals surface area contributed by atoms with Gasteiger partial charge in [-0.3, -0.25) is 0 Å². The maximum absolute atomic E-state index is 3.47. The van der Waals surface area contributed by atoms with E-state index in [-0.39, 0.29) is 0 Å². The van der Waals surface area contributed by atoms with E-state index < -0.39 is 0 Å². The number of hydrogen-bond acceptors (Lipinski definition) is 2. The van der Waals surface area contributed by atoms with E-state index in [1.54, 1.807) is 0 Å². The third-order valence-electron chi connectivity index (χ3n) is 4.13. The van der Waals surface area contributed by atoms with Crippen LogP contribution in [0.2, 0.25) is 0 Å². The molecule has 2 rings (SSSR count). The fourth-order valence-corrected chi connectivity index (χ4v) is 3.02. The summed E-state index contributed by atoms with van der Waals surface area (Å²) in [5.41, 5.74) is 4.26. The van der Waals surface area contributed by atoms with Gasteiger partial charge in [-0.15, -0.1) is 0 Å². The highest BCUT2D eigenvalue weighted by molar-refractivity contribution is 5.55. The van der Waals surface area contributed by atoms with Crippen LogP contribution in [-0.4, -0.2) is 19.1 Å². The van der Waals surface area contributed by atoms with Crippen molar-refractivity contribution in [2.45, 2.75) is 59.0 Å². The van der Waals surface area contributed by atoms with Crippen LogP contribution in [0.4, 0.5) is 5.69 Å². The summed E-state index contributed by atoms with van der Waals surface area (Å²) in [5, 5.41) is 3.47. The van der Waals surface area contributed by atoms with Crippen LogP contribution in [-0.2, 0) is 6.54 Å². The third kappa shape index (κ3) is 3.73. The summed E-state index contributed by atoms with van der Waals surface area (Å²) >= 11 is 0. The Bertz CT molecular complexity index is 400. The summed E-state index contributed by atoms with van der Waals surface area (Å²) < 4.78 is 0. The minimum absolute atomic E-state index is 0.691. The van der Waals surface area contributed by atoms with Gasteiger partial charge in [0.25, 0.3) is 0 Å². The lowest BCUT2D eigenvalue weighted by atomic mass is 10.0. The predicted molar refractivity (Wildman–Crippen MR) is 83.8 cm³/mol. The molecule has 2 nitrogen and oxygen atoms in total. The fraction of sp³-hybridized carbons (Fsp3) is 0.647. The SMILES string of the molecule is CCCNCc1ccc(N2CCCCC2C)c(C)c1. The van der Waals surface area contributed by atoms with Crippen molar-refractivity contribution >= 4 is 5.69 Å². The van der Waals surface area contributed by atoms with Crippen LogP contribution in [0.3, 0.4) is 0 Å². The van der Waals surface area contributed by atoms with E-state index in [2.05, 4.69) is 49.2 Å². The molecular weight excluding hydrogens is 232 g/mol. The van der Waals surface area contributed by atoms with Crippen molar-refractivity contribution in [1.29, 1.82) is 0 Å². The van der Waals surface area contributed by atoms with Gasteiger partial charge in [0, 0.05) is 24.8 Å². The van der Waals surface area contributed by atoms with Crippen LogP contribution in [0.5, 0.6) is 0 Å². The Morgan fingerprint density at radius 3 is 2.84 bits per heavy atom. The Hall–Kier alpha value is -1.02. The molecule has 19 heavy (non-hydrogen) atoms. The fourth-order valence-electron chi connectivity index (χ4n) is 3.02. The van der Waals surface area contributed by atoms with Crippen LogP contribution < -0.4 is 10.2 Å². The molecule has 0 bridgehead atoms. The van der Waals surface area contributed by atoms with Gasteiger partial charge in [0.2, 0.25) is 0 Å². The van der Waals surface area contributed by atoms with Crippen LogP contribution in [0.1, 0.15) is 50.7 Å². The van der Waals surface area contributed by atoms with E-state index in [0.717, 1.165) is 13.1 Å². The molecule has 1 unspecified atom stereocenters. The monoisotopic (exact) mass is 260 g/mol. The minimum Gasteiger partial charge on any atom is -0.369 e. The van der Waals surface area contributed by atoms with Gasteiger partial charge in [0.1, 0.15) is 0 Å². The quantitative estimate of drug-likeness (QED) is 0.808. The lowest BCUT2D eigenvalue weighted by molar-refractivity contribution is 0.484. The highest BCUT2D eigenvalue weighted by Crippen LogP contribution is 2.28. The van der Waals surface area contributed by atoms with Gasteiger partial charge in [-0.05, 0) is 63.3 Å². The summed E-state index contributed by atoms with van der Waals surface area (Å²) in [6, 6.07) is 7.64. The second kappa shape index (κ2) is 6.95. The first-order chi connectivity index (χ1) is 9.22. The van der Waals surface area contributed by atoms with Crippen molar-refractivity contribution in [2.24, 2.45) is 0 Å². The van der Waals surface area contributed by atoms with E-state index in [1.165, 1.54) is 49.0 Å². The molecule has 1 aliphatic rings. The van der Waals surface area contributed by atoms with Crippen LogP contribution in [0.15, 0.2) is 18.2 Å². The topological polar surface area (TPSA) is 15.3 Å². The Kier molecular flexibility index (Phi) is 5.26. The number of aryl methyl sites for hydroxylation is 1. The zero-order valence-corrected chi connectivity index (χ0v) is 12.7. The predicted octanol–water partition coefficient (Wildman–Crippen LogP) is 3.87. The van der Waals surface area contributed by atoms with Crippen molar-refractivity contribution in [3.05, 3.63) is 29.3 Å². The zero-order valence-electron chi connectivity index (χ0n) is 12.7. The number of nitrogens with one attached hydrogen (secondary N) is 1. The number of hydrogen-bond donors (Lipinski definition) is 1. The Morgan fingerprint density at radius 2 is 2.16 bits per heavy atom. The maximum Gasteiger partial charge on any atom is 0.0398 e. The van der Waals surface area contributed by atoms with Crippen LogP contribution in [0, 0.1) is 6.92 Å². The molecule has 2 heteroatoms. The number of anilines is 1. The van der Waals surface area contributed by atoms with Gasteiger partial charge >= 0.3 is 0 Å². The van der Waals surface area contributed by atoms with Crippen molar-refractivity contribution in [1.82, 2.24) is 5.32 Å². The first-order valence-corrected chi connectivity index (χ1v) is 7.79. The van der Waals surface area contributed by atoms with Gasteiger partial charge in [0.15, 0.2) is 0 Å². The molecule has 0 spiro atoms. The summed E-state index contributed by atoms with van der Waals surface area (Å²) in [5.74, 6) is 0. The molecule has 0 aliphatic carbocycles.